The zero-order valence-electron chi connectivity index (χ0n) is 25.8. The maximum Gasteiger partial charge on any atom is 0.255 e. The topological polar surface area (TPSA) is 91.0 Å². The Balaban J connectivity index is 1.42. The summed E-state index contributed by atoms with van der Waals surface area (Å²) in [4.78, 5) is 40.9. The van der Waals surface area contributed by atoms with Gasteiger partial charge in [0.25, 0.3) is 5.91 Å². The summed E-state index contributed by atoms with van der Waals surface area (Å²) >= 11 is 0. The van der Waals surface area contributed by atoms with Crippen molar-refractivity contribution in [3.8, 4) is 0 Å². The molecule has 3 amide bonds. The molecule has 0 spiro atoms. The molecule has 5 rings (SSSR count). The van der Waals surface area contributed by atoms with Crippen LogP contribution in [0.15, 0.2) is 42.4 Å². The fraction of sp³-hybridized carbons (Fsp3) is 0.400. The van der Waals surface area contributed by atoms with E-state index < -0.39 is 36.5 Å². The van der Waals surface area contributed by atoms with Gasteiger partial charge < -0.3 is 15.0 Å². The van der Waals surface area contributed by atoms with E-state index in [1.165, 1.54) is 6.07 Å². The molecular formula is C25H28N4O4. The first-order valence-electron chi connectivity index (χ1n) is 14.7. The second-order valence-electron chi connectivity index (χ2n) is 7.95. The molecule has 1 unspecified atom stereocenters. The summed E-state index contributed by atoms with van der Waals surface area (Å²) < 4.78 is 71.6. The van der Waals surface area contributed by atoms with Crippen LogP contribution in [0.1, 0.15) is 50.8 Å². The zero-order valence-corrected chi connectivity index (χ0v) is 17.8. The van der Waals surface area contributed by atoms with Crippen molar-refractivity contribution in [1.29, 1.82) is 0 Å². The Bertz CT molecular complexity index is 1450. The highest BCUT2D eigenvalue weighted by molar-refractivity contribution is 6.06. The van der Waals surface area contributed by atoms with E-state index in [9.17, 15) is 14.4 Å². The smallest absolute Gasteiger partial charge is 0.255 e. The average Bonchev–Trinajstić information content (AvgIpc) is 3.26. The molecule has 0 radical (unpaired) electrons. The summed E-state index contributed by atoms with van der Waals surface area (Å²) in [6.45, 7) is 2.24. The van der Waals surface area contributed by atoms with Gasteiger partial charge >= 0.3 is 0 Å². The molecule has 0 saturated carbocycles. The van der Waals surface area contributed by atoms with Crippen LogP contribution in [0.25, 0.3) is 0 Å². The van der Waals surface area contributed by atoms with Crippen LogP contribution < -0.4 is 10.6 Å². The van der Waals surface area contributed by atoms with Gasteiger partial charge in [0.05, 0.1) is 18.7 Å². The quantitative estimate of drug-likeness (QED) is 0.645. The number of hydrogen-bond acceptors (Lipinski definition) is 6. The zero-order chi connectivity index (χ0) is 29.9. The first-order chi connectivity index (χ1) is 19.3. The number of morpholine rings is 1. The third kappa shape index (κ3) is 4.62. The van der Waals surface area contributed by atoms with Crippen LogP contribution >= 0.6 is 0 Å². The number of rotatable bonds is 6. The van der Waals surface area contributed by atoms with Crippen molar-refractivity contribution in [2.45, 2.75) is 38.4 Å². The second-order valence-corrected chi connectivity index (χ2v) is 7.95. The molecule has 0 aliphatic carbocycles. The van der Waals surface area contributed by atoms with Gasteiger partial charge in [0.1, 0.15) is 6.04 Å². The molecule has 3 aliphatic rings. The number of anilines is 1. The second kappa shape index (κ2) is 9.33. The molecule has 0 bridgehead atoms. The van der Waals surface area contributed by atoms with Gasteiger partial charge in [-0.15, -0.1) is 0 Å². The van der Waals surface area contributed by atoms with E-state index in [1.54, 1.807) is 12.1 Å². The maximum absolute atomic E-state index is 13.3. The van der Waals surface area contributed by atoms with E-state index in [4.69, 9.17) is 15.7 Å². The predicted molar refractivity (Wildman–Crippen MR) is 122 cm³/mol. The summed E-state index contributed by atoms with van der Waals surface area (Å²) in [5.41, 5.74) is 1.49. The van der Waals surface area contributed by atoms with Crippen molar-refractivity contribution in [1.82, 2.24) is 15.1 Å². The van der Waals surface area contributed by atoms with E-state index in [-0.39, 0.29) is 54.9 Å². The fourth-order valence-electron chi connectivity index (χ4n) is 4.12. The van der Waals surface area contributed by atoms with E-state index in [0.717, 1.165) is 4.90 Å². The molecule has 3 heterocycles. The molecule has 172 valence electrons. The lowest BCUT2D eigenvalue weighted by molar-refractivity contribution is -0.136. The monoisotopic (exact) mass is 456 g/mol. The lowest BCUT2D eigenvalue weighted by Crippen LogP contribution is -2.52. The number of nitrogens with zero attached hydrogens (tertiary/aromatic N) is 2. The number of nitrogens with one attached hydrogen (secondary N) is 2. The van der Waals surface area contributed by atoms with Gasteiger partial charge in [0, 0.05) is 61.4 Å². The largest absolute Gasteiger partial charge is 0.381 e. The fourth-order valence-corrected chi connectivity index (χ4v) is 4.12. The van der Waals surface area contributed by atoms with Crippen LogP contribution in [0.4, 0.5) is 5.69 Å². The SMILES string of the molecule is [2H]c1c([2H])c(CNc2cccc3c2CN(C2C(=O)NC(=O)C([2H])([2H])C2([2H])[2H])C3=O)c([2H])c(CN2CCOCC2)c1[2H]. The molecule has 2 N–H and O–H groups in total. The summed E-state index contributed by atoms with van der Waals surface area (Å²) in [6.07, 6.45) is -6.06. The number of hydrogen-bond donors (Lipinski definition) is 2. The van der Waals surface area contributed by atoms with E-state index >= 15 is 0 Å². The van der Waals surface area contributed by atoms with Crippen molar-refractivity contribution in [3.05, 3.63) is 64.6 Å². The van der Waals surface area contributed by atoms with Gasteiger partial charge in [-0.25, -0.2) is 0 Å². The number of carbonyl (C=O) groups is 3. The van der Waals surface area contributed by atoms with Crippen molar-refractivity contribution >= 4 is 23.4 Å². The molecule has 2 saturated heterocycles. The number of piperidine rings is 1. The van der Waals surface area contributed by atoms with Crippen molar-refractivity contribution in [3.63, 3.8) is 0 Å². The first kappa shape index (κ1) is 14.1. The Morgan fingerprint density at radius 2 is 2.00 bits per heavy atom. The number of ether oxygens (including phenoxy) is 1. The molecule has 3 aliphatic heterocycles. The van der Waals surface area contributed by atoms with Crippen molar-refractivity contribution in [2.24, 2.45) is 0 Å². The highest BCUT2D eigenvalue weighted by Crippen LogP contribution is 2.32. The molecule has 2 fully saturated rings. The van der Waals surface area contributed by atoms with Crippen LogP contribution in [-0.2, 0) is 34.0 Å². The molecular weight excluding hydrogens is 420 g/mol. The molecule has 2 aromatic carbocycles. The molecule has 8 nitrogen and oxygen atoms in total. The van der Waals surface area contributed by atoms with Crippen molar-refractivity contribution in [2.75, 3.05) is 31.6 Å². The lowest BCUT2D eigenvalue weighted by atomic mass is 10.0. The third-order valence-electron chi connectivity index (χ3n) is 5.78. The van der Waals surface area contributed by atoms with E-state index in [1.807, 2.05) is 10.2 Å². The van der Waals surface area contributed by atoms with Crippen molar-refractivity contribution < 1.29 is 30.1 Å². The minimum atomic E-state index is -3.06. The number of fused-ring (bicyclic) bond motifs is 1. The summed E-state index contributed by atoms with van der Waals surface area (Å²) in [6, 6.07) is 2.03. The third-order valence-corrected chi connectivity index (χ3v) is 5.78. The van der Waals surface area contributed by atoms with Gasteiger partial charge in [0.15, 0.2) is 0 Å². The van der Waals surface area contributed by atoms with Crippen LogP contribution in [0.5, 0.6) is 0 Å². The summed E-state index contributed by atoms with van der Waals surface area (Å²) in [5.74, 6) is -3.23. The Hall–Kier alpha value is -3.23. The van der Waals surface area contributed by atoms with E-state index in [2.05, 4.69) is 5.32 Å². The van der Waals surface area contributed by atoms with Gasteiger partial charge in [-0.3, -0.25) is 24.6 Å². The predicted octanol–water partition coefficient (Wildman–Crippen LogP) is 1.89. The van der Waals surface area contributed by atoms with Gasteiger partial charge in [-0.05, 0) is 29.6 Å². The number of carbonyl (C=O) groups excluding carboxylic acids is 3. The lowest BCUT2D eigenvalue weighted by Gasteiger charge is -2.29. The Labute approximate surface area is 204 Å². The summed E-state index contributed by atoms with van der Waals surface area (Å²) in [7, 11) is 0. The van der Waals surface area contributed by atoms with Gasteiger partial charge in [-0.1, -0.05) is 30.2 Å². The minimum absolute atomic E-state index is 0.0285. The highest BCUT2D eigenvalue weighted by atomic mass is 16.5. The van der Waals surface area contributed by atoms with Gasteiger partial charge in [0.2, 0.25) is 11.8 Å². The number of amides is 3. The molecule has 8 heteroatoms. The molecule has 2 aromatic rings. The molecule has 1 atom stereocenters. The Morgan fingerprint density at radius 3 is 2.85 bits per heavy atom. The van der Waals surface area contributed by atoms with E-state index in [0.29, 0.717) is 43.1 Å². The molecule has 33 heavy (non-hydrogen) atoms. The number of benzene rings is 2. The van der Waals surface area contributed by atoms with Crippen LogP contribution in [0, 0.1) is 0 Å². The number of imide groups is 1. The van der Waals surface area contributed by atoms with Crippen LogP contribution in [0.3, 0.4) is 0 Å². The normalized spacial score (nSPS) is 27.7. The van der Waals surface area contributed by atoms with Crippen LogP contribution in [0.2, 0.25) is 0 Å². The van der Waals surface area contributed by atoms with Gasteiger partial charge in [-0.2, -0.15) is 0 Å². The standard InChI is InChI=1S/C25H28N4O4/c30-23-8-7-22(24(31)27-23)29-16-20-19(25(29)32)5-2-6-21(20)26-14-17-3-1-4-18(13-17)15-28-9-11-33-12-10-28/h1-6,13,22,26H,7-12,14-16H2,(H,27,30,31)/i1D,3D,4D,7D2,8D2,13D. The molecule has 0 aromatic heterocycles. The average molecular weight is 457 g/mol. The summed E-state index contributed by atoms with van der Waals surface area (Å²) in [5, 5.41) is 4.93. The Kier molecular flexibility index (Phi) is 3.99. The Morgan fingerprint density at radius 1 is 1.18 bits per heavy atom. The first-order valence-corrected chi connectivity index (χ1v) is 10.7. The maximum atomic E-state index is 13.3. The van der Waals surface area contributed by atoms with Crippen LogP contribution in [-0.4, -0.2) is 59.9 Å². The minimum Gasteiger partial charge on any atom is -0.381 e. The highest BCUT2D eigenvalue weighted by Gasteiger charge is 2.39.